The monoisotopic (exact) mass is 293 g/mol. The van der Waals surface area contributed by atoms with E-state index in [4.69, 9.17) is 15.3 Å². The number of nitrogens with one attached hydrogen (secondary N) is 1. The maximum atomic E-state index is 5.69. The number of aromatic nitrogens is 1. The Balaban J connectivity index is 2.26. The fraction of sp³-hybridized carbons (Fsp3) is 0.357. The van der Waals surface area contributed by atoms with Gasteiger partial charge in [-0.3, -0.25) is 11.3 Å². The van der Waals surface area contributed by atoms with Crippen LogP contribution in [0.1, 0.15) is 22.3 Å². The third kappa shape index (κ3) is 3.27. The summed E-state index contributed by atoms with van der Waals surface area (Å²) in [6.45, 7) is 1.99. The Morgan fingerprint density at radius 2 is 2.15 bits per heavy atom. The lowest BCUT2D eigenvalue weighted by atomic mass is 10.0. The summed E-state index contributed by atoms with van der Waals surface area (Å²) in [5.41, 5.74) is 4.84. The topological polar surface area (TPSA) is 69.4 Å². The zero-order chi connectivity index (χ0) is 14.5. The summed E-state index contributed by atoms with van der Waals surface area (Å²) in [4.78, 5) is 4.47. The average molecular weight is 293 g/mol. The van der Waals surface area contributed by atoms with Crippen molar-refractivity contribution in [2.45, 2.75) is 19.4 Å². The highest BCUT2D eigenvalue weighted by Crippen LogP contribution is 2.31. The first-order chi connectivity index (χ1) is 9.67. The first-order valence-electron chi connectivity index (χ1n) is 6.27. The molecule has 2 aromatic rings. The van der Waals surface area contributed by atoms with Crippen LogP contribution in [0.3, 0.4) is 0 Å². The van der Waals surface area contributed by atoms with Crippen molar-refractivity contribution < 1.29 is 9.47 Å². The van der Waals surface area contributed by atoms with Gasteiger partial charge in [-0.05, 0) is 13.0 Å². The number of ether oxygens (including phenoxy) is 2. The van der Waals surface area contributed by atoms with E-state index in [1.807, 2.05) is 25.1 Å². The lowest BCUT2D eigenvalue weighted by Gasteiger charge is -2.19. The molecule has 1 unspecified atom stereocenters. The number of aryl methyl sites for hydroxylation is 1. The van der Waals surface area contributed by atoms with Crippen LogP contribution in [0.5, 0.6) is 11.5 Å². The van der Waals surface area contributed by atoms with E-state index in [1.54, 1.807) is 25.6 Å². The Labute approximate surface area is 122 Å². The van der Waals surface area contributed by atoms with Crippen LogP contribution in [-0.4, -0.2) is 19.2 Å². The van der Waals surface area contributed by atoms with Crippen LogP contribution in [0.15, 0.2) is 23.6 Å². The van der Waals surface area contributed by atoms with Crippen molar-refractivity contribution in [3.05, 3.63) is 39.8 Å². The van der Waals surface area contributed by atoms with Gasteiger partial charge in [0.2, 0.25) is 0 Å². The zero-order valence-corrected chi connectivity index (χ0v) is 12.7. The number of methoxy groups -OCH3 is 2. The molecule has 0 radical (unpaired) electrons. The van der Waals surface area contributed by atoms with E-state index in [1.165, 1.54) is 0 Å². The second kappa shape index (κ2) is 6.69. The van der Waals surface area contributed by atoms with Crippen LogP contribution in [0.4, 0.5) is 0 Å². The van der Waals surface area contributed by atoms with Gasteiger partial charge in [-0.1, -0.05) is 6.07 Å². The van der Waals surface area contributed by atoms with Crippen molar-refractivity contribution in [2.24, 2.45) is 5.84 Å². The molecule has 5 nitrogen and oxygen atoms in total. The maximum Gasteiger partial charge on any atom is 0.127 e. The smallest absolute Gasteiger partial charge is 0.127 e. The zero-order valence-electron chi connectivity index (χ0n) is 11.8. The van der Waals surface area contributed by atoms with Crippen molar-refractivity contribution in [3.8, 4) is 11.5 Å². The molecule has 3 N–H and O–H groups in total. The van der Waals surface area contributed by atoms with E-state index in [2.05, 4.69) is 15.8 Å². The number of nitrogens with two attached hydrogens (primary N) is 1. The molecule has 20 heavy (non-hydrogen) atoms. The molecule has 1 aromatic carbocycles. The standard InChI is InChI=1S/C14H19N3O2S/c1-9-16-10(8-20-9)6-13(17-15)12-5-4-11(18-2)7-14(12)19-3/h4-5,7-8,13,17H,6,15H2,1-3H3. The van der Waals surface area contributed by atoms with Crippen molar-refractivity contribution in [1.29, 1.82) is 0 Å². The van der Waals surface area contributed by atoms with Gasteiger partial charge in [0.15, 0.2) is 0 Å². The highest BCUT2D eigenvalue weighted by molar-refractivity contribution is 7.09. The predicted molar refractivity (Wildman–Crippen MR) is 80.2 cm³/mol. The molecular weight excluding hydrogens is 274 g/mol. The molecule has 0 amide bonds. The molecule has 0 aliphatic rings. The molecule has 1 atom stereocenters. The van der Waals surface area contributed by atoms with Crippen molar-refractivity contribution in [1.82, 2.24) is 10.4 Å². The van der Waals surface area contributed by atoms with Crippen LogP contribution in [-0.2, 0) is 6.42 Å². The summed E-state index contributed by atoms with van der Waals surface area (Å²) in [6.07, 6.45) is 0.712. The van der Waals surface area contributed by atoms with E-state index in [-0.39, 0.29) is 6.04 Å². The number of thiazole rings is 1. The molecule has 0 fully saturated rings. The van der Waals surface area contributed by atoms with Crippen LogP contribution in [0.25, 0.3) is 0 Å². The highest BCUT2D eigenvalue weighted by atomic mass is 32.1. The number of rotatable bonds is 6. The number of nitrogens with zero attached hydrogens (tertiary/aromatic N) is 1. The molecule has 0 saturated heterocycles. The van der Waals surface area contributed by atoms with E-state index < -0.39 is 0 Å². The third-order valence-corrected chi connectivity index (χ3v) is 3.92. The average Bonchev–Trinajstić information content (AvgIpc) is 2.89. The van der Waals surface area contributed by atoms with Gasteiger partial charge < -0.3 is 9.47 Å². The summed E-state index contributed by atoms with van der Waals surface area (Å²) in [6, 6.07) is 5.65. The van der Waals surface area contributed by atoms with E-state index in [0.717, 1.165) is 27.8 Å². The normalized spacial score (nSPS) is 12.2. The lowest BCUT2D eigenvalue weighted by Crippen LogP contribution is -2.30. The van der Waals surface area contributed by atoms with Crippen LogP contribution in [0.2, 0.25) is 0 Å². The molecule has 6 heteroatoms. The van der Waals surface area contributed by atoms with Gasteiger partial charge in [-0.2, -0.15) is 0 Å². The lowest BCUT2D eigenvalue weighted by molar-refractivity contribution is 0.384. The summed E-state index contributed by atoms with van der Waals surface area (Å²) in [5.74, 6) is 7.20. The Kier molecular flexibility index (Phi) is 4.94. The summed E-state index contributed by atoms with van der Waals surface area (Å²) >= 11 is 1.64. The fourth-order valence-corrected chi connectivity index (χ4v) is 2.70. The molecule has 2 rings (SSSR count). The summed E-state index contributed by atoms with van der Waals surface area (Å²) < 4.78 is 10.6. The third-order valence-electron chi connectivity index (χ3n) is 3.10. The van der Waals surface area contributed by atoms with E-state index in [9.17, 15) is 0 Å². The van der Waals surface area contributed by atoms with Crippen molar-refractivity contribution in [2.75, 3.05) is 14.2 Å². The Morgan fingerprint density at radius 3 is 2.70 bits per heavy atom. The Hall–Kier alpha value is -1.63. The summed E-state index contributed by atoms with van der Waals surface area (Å²) in [7, 11) is 3.27. The molecule has 1 heterocycles. The first-order valence-corrected chi connectivity index (χ1v) is 7.15. The second-order valence-corrected chi connectivity index (χ2v) is 5.45. The SMILES string of the molecule is COc1ccc(C(Cc2csc(C)n2)NN)c(OC)c1. The van der Waals surface area contributed by atoms with Gasteiger partial charge in [0.05, 0.1) is 31.0 Å². The quantitative estimate of drug-likeness (QED) is 0.631. The molecular formula is C14H19N3O2S. The minimum atomic E-state index is -0.0580. The van der Waals surface area contributed by atoms with E-state index in [0.29, 0.717) is 6.42 Å². The molecule has 0 saturated carbocycles. The molecule has 1 aromatic heterocycles. The van der Waals surface area contributed by atoms with Crippen LogP contribution in [0, 0.1) is 6.92 Å². The fourth-order valence-electron chi connectivity index (χ4n) is 2.08. The number of benzene rings is 1. The van der Waals surface area contributed by atoms with Crippen molar-refractivity contribution >= 4 is 11.3 Å². The molecule has 0 aliphatic heterocycles. The minimum Gasteiger partial charge on any atom is -0.497 e. The van der Waals surface area contributed by atoms with Gasteiger partial charge >= 0.3 is 0 Å². The number of hydrogen-bond donors (Lipinski definition) is 2. The van der Waals surface area contributed by atoms with Gasteiger partial charge in [0, 0.05) is 23.4 Å². The van der Waals surface area contributed by atoms with Gasteiger partial charge in [0.25, 0.3) is 0 Å². The van der Waals surface area contributed by atoms with Gasteiger partial charge in [-0.25, -0.2) is 4.98 Å². The van der Waals surface area contributed by atoms with E-state index >= 15 is 0 Å². The molecule has 0 spiro atoms. The number of hydrazine groups is 1. The second-order valence-electron chi connectivity index (χ2n) is 4.39. The maximum absolute atomic E-state index is 5.69. The summed E-state index contributed by atoms with van der Waals surface area (Å²) in [5, 5.41) is 3.10. The van der Waals surface area contributed by atoms with Gasteiger partial charge in [0.1, 0.15) is 11.5 Å². The predicted octanol–water partition coefficient (Wildman–Crippen LogP) is 2.22. The van der Waals surface area contributed by atoms with Crippen LogP contribution < -0.4 is 20.7 Å². The highest BCUT2D eigenvalue weighted by Gasteiger charge is 2.17. The van der Waals surface area contributed by atoms with Gasteiger partial charge in [-0.15, -0.1) is 11.3 Å². The van der Waals surface area contributed by atoms with Crippen LogP contribution >= 0.6 is 11.3 Å². The largest absolute Gasteiger partial charge is 0.497 e. The first kappa shape index (κ1) is 14.8. The Morgan fingerprint density at radius 1 is 1.35 bits per heavy atom. The Bertz CT molecular complexity index is 571. The molecule has 108 valence electrons. The minimum absolute atomic E-state index is 0.0580. The molecule has 0 aliphatic carbocycles. The molecule has 0 bridgehead atoms. The number of hydrogen-bond acceptors (Lipinski definition) is 6. The van der Waals surface area contributed by atoms with Crippen molar-refractivity contribution in [3.63, 3.8) is 0 Å².